The maximum atomic E-state index is 9.97. The molecule has 4 nitrogen and oxygen atoms in total. The van der Waals surface area contributed by atoms with Gasteiger partial charge in [0.1, 0.15) is 0 Å². The topological polar surface area (TPSA) is 74.6 Å². The molecule has 0 aliphatic carbocycles. The third kappa shape index (κ3) is 12.6. The van der Waals surface area contributed by atoms with Crippen LogP contribution in [-0.4, -0.2) is 52.5 Å². The molecule has 0 aromatic carbocycles. The first kappa shape index (κ1) is 14.4. The van der Waals surface area contributed by atoms with Gasteiger partial charge in [0, 0.05) is 11.5 Å². The van der Waals surface area contributed by atoms with Crippen molar-refractivity contribution in [3.63, 3.8) is 0 Å². The number of thioether (sulfide) groups is 1. The molecular weight excluding hydrogens is 175 g/mol. The zero-order chi connectivity index (χ0) is 8.69. The van der Waals surface area contributed by atoms with Crippen molar-refractivity contribution in [1.82, 2.24) is 0 Å². The molecule has 12 heavy (non-hydrogen) atoms. The summed E-state index contributed by atoms with van der Waals surface area (Å²) in [6, 6.07) is 0. The van der Waals surface area contributed by atoms with E-state index in [0.717, 1.165) is 0 Å². The summed E-state index contributed by atoms with van der Waals surface area (Å²) in [5.41, 5.74) is 0. The minimum atomic E-state index is -0.840. The molecular formula is C6H11LiO4S. The number of carbonyl (C=O) groups is 2. The molecule has 0 amide bonds. The Morgan fingerprint density at radius 3 is 1.58 bits per heavy atom. The van der Waals surface area contributed by atoms with Crippen LogP contribution in [0.25, 0.3) is 0 Å². The van der Waals surface area contributed by atoms with Crippen LogP contribution in [0.2, 0.25) is 0 Å². The number of carboxylic acids is 2. The van der Waals surface area contributed by atoms with Crippen molar-refractivity contribution in [1.29, 1.82) is 0 Å². The van der Waals surface area contributed by atoms with Crippen molar-refractivity contribution in [2.75, 3.05) is 11.5 Å². The summed E-state index contributed by atoms with van der Waals surface area (Å²) in [7, 11) is 0. The number of rotatable bonds is 6. The molecule has 2 N–H and O–H groups in total. The van der Waals surface area contributed by atoms with Crippen LogP contribution < -0.4 is 0 Å². The minimum absolute atomic E-state index is 0. The monoisotopic (exact) mass is 186 g/mol. The van der Waals surface area contributed by atoms with E-state index in [1.165, 1.54) is 11.8 Å². The van der Waals surface area contributed by atoms with Crippen LogP contribution in [0.1, 0.15) is 12.8 Å². The fraction of sp³-hybridized carbons (Fsp3) is 0.667. The Balaban J connectivity index is 0. The molecule has 66 valence electrons. The summed E-state index contributed by atoms with van der Waals surface area (Å²) in [6.07, 6.45) is 0.203. The van der Waals surface area contributed by atoms with Gasteiger partial charge in [0.25, 0.3) is 0 Å². The van der Waals surface area contributed by atoms with E-state index in [0.29, 0.717) is 11.5 Å². The first-order valence-electron chi connectivity index (χ1n) is 3.14. The van der Waals surface area contributed by atoms with Crippen LogP contribution in [0.4, 0.5) is 0 Å². The molecule has 0 saturated heterocycles. The molecule has 0 atom stereocenters. The van der Waals surface area contributed by atoms with Gasteiger partial charge in [-0.05, 0) is 0 Å². The van der Waals surface area contributed by atoms with Crippen LogP contribution >= 0.6 is 11.8 Å². The molecule has 0 fully saturated rings. The molecule has 0 heterocycles. The second-order valence-electron chi connectivity index (χ2n) is 1.90. The quantitative estimate of drug-likeness (QED) is 0.452. The second kappa shape index (κ2) is 8.98. The summed E-state index contributed by atoms with van der Waals surface area (Å²) in [5.74, 6) is -0.703. The predicted molar refractivity (Wildman–Crippen MR) is 49.0 cm³/mol. The Labute approximate surface area is 86.9 Å². The van der Waals surface area contributed by atoms with Crippen molar-refractivity contribution in [2.45, 2.75) is 12.8 Å². The molecule has 0 spiro atoms. The van der Waals surface area contributed by atoms with Gasteiger partial charge in [-0.25, -0.2) is 0 Å². The molecule has 0 aliphatic rings. The summed E-state index contributed by atoms with van der Waals surface area (Å²) in [6.45, 7) is 0. The van der Waals surface area contributed by atoms with E-state index in [9.17, 15) is 9.59 Å². The fourth-order valence-corrected chi connectivity index (χ4v) is 1.26. The van der Waals surface area contributed by atoms with Gasteiger partial charge in [0.05, 0.1) is 12.8 Å². The van der Waals surface area contributed by atoms with E-state index in [1.54, 1.807) is 0 Å². The summed E-state index contributed by atoms with van der Waals surface area (Å²) < 4.78 is 0. The van der Waals surface area contributed by atoms with Gasteiger partial charge in [0.15, 0.2) is 0 Å². The fourth-order valence-electron chi connectivity index (χ4n) is 0.421. The first-order chi connectivity index (χ1) is 5.13. The van der Waals surface area contributed by atoms with Gasteiger partial charge in [-0.15, -0.1) is 0 Å². The number of carboxylic acid groups (broad SMARTS) is 2. The average molecular weight is 186 g/mol. The third-order valence-electron chi connectivity index (χ3n) is 0.921. The standard InChI is InChI=1S/C6H10O4S.Li.H/c7-5(8)1-3-11-4-2-6(9)10;;/h1-4H2,(H,7,8)(H,9,10);;. The third-order valence-corrected chi connectivity index (χ3v) is 1.91. The number of aliphatic carboxylic acids is 2. The molecule has 0 aromatic heterocycles. The van der Waals surface area contributed by atoms with Gasteiger partial charge in [0.2, 0.25) is 0 Å². The van der Waals surface area contributed by atoms with E-state index in [1.807, 2.05) is 0 Å². The van der Waals surface area contributed by atoms with Gasteiger partial charge in [-0.2, -0.15) is 11.8 Å². The van der Waals surface area contributed by atoms with Crippen LogP contribution in [-0.2, 0) is 9.59 Å². The molecule has 0 saturated carbocycles. The Kier molecular flexibility index (Phi) is 10.8. The Hall–Kier alpha value is -0.113. The molecule has 0 radical (unpaired) electrons. The van der Waals surface area contributed by atoms with Crippen molar-refractivity contribution in [3.05, 3.63) is 0 Å². The predicted octanol–water partition coefficient (Wildman–Crippen LogP) is 0.0205. The molecule has 0 unspecified atom stereocenters. The van der Waals surface area contributed by atoms with Crippen molar-refractivity contribution in [2.24, 2.45) is 0 Å². The molecule has 6 heteroatoms. The van der Waals surface area contributed by atoms with Crippen LogP contribution in [0.3, 0.4) is 0 Å². The van der Waals surface area contributed by atoms with E-state index in [-0.39, 0.29) is 31.7 Å². The van der Waals surface area contributed by atoms with Gasteiger partial charge in [-0.3, -0.25) is 9.59 Å². The van der Waals surface area contributed by atoms with E-state index in [4.69, 9.17) is 10.2 Å². The number of hydrogen-bond acceptors (Lipinski definition) is 3. The Bertz CT molecular complexity index is 134. The van der Waals surface area contributed by atoms with Gasteiger partial charge in [-0.1, -0.05) is 0 Å². The van der Waals surface area contributed by atoms with Crippen LogP contribution in [0.5, 0.6) is 0 Å². The summed E-state index contributed by atoms with van der Waals surface area (Å²) in [4.78, 5) is 19.9. The zero-order valence-electron chi connectivity index (χ0n) is 5.95. The second-order valence-corrected chi connectivity index (χ2v) is 3.12. The number of hydrogen-bond donors (Lipinski definition) is 2. The van der Waals surface area contributed by atoms with E-state index >= 15 is 0 Å². The van der Waals surface area contributed by atoms with Gasteiger partial charge >= 0.3 is 30.8 Å². The van der Waals surface area contributed by atoms with Crippen molar-refractivity contribution in [3.8, 4) is 0 Å². The maximum absolute atomic E-state index is 9.97. The summed E-state index contributed by atoms with van der Waals surface area (Å²) in [5, 5.41) is 16.4. The van der Waals surface area contributed by atoms with Crippen LogP contribution in [0.15, 0.2) is 0 Å². The van der Waals surface area contributed by atoms with Gasteiger partial charge < -0.3 is 10.2 Å². The zero-order valence-corrected chi connectivity index (χ0v) is 6.76. The van der Waals surface area contributed by atoms with Crippen molar-refractivity contribution >= 4 is 42.6 Å². The molecule has 0 bridgehead atoms. The first-order valence-corrected chi connectivity index (χ1v) is 4.29. The molecule has 0 aliphatic heterocycles. The average Bonchev–Trinajstić information content (AvgIpc) is 1.85. The Morgan fingerprint density at radius 1 is 1.00 bits per heavy atom. The normalized spacial score (nSPS) is 8.67. The van der Waals surface area contributed by atoms with E-state index in [2.05, 4.69) is 0 Å². The molecule has 0 aromatic rings. The Morgan fingerprint density at radius 2 is 1.33 bits per heavy atom. The SMILES string of the molecule is O=C(O)CCSCCC(=O)O.[LiH]. The van der Waals surface area contributed by atoms with E-state index < -0.39 is 11.9 Å². The summed E-state index contributed by atoms with van der Waals surface area (Å²) >= 11 is 1.35. The van der Waals surface area contributed by atoms with Crippen molar-refractivity contribution < 1.29 is 19.8 Å². The molecule has 0 rings (SSSR count). The van der Waals surface area contributed by atoms with Crippen LogP contribution in [0, 0.1) is 0 Å².